The molecule has 0 unspecified atom stereocenters. The van der Waals surface area contributed by atoms with Gasteiger partial charge in [0.05, 0.1) is 11.4 Å². The normalized spacial score (nSPS) is 13.3. The number of ether oxygens (including phenoxy) is 1. The predicted molar refractivity (Wildman–Crippen MR) is 171 cm³/mol. The van der Waals surface area contributed by atoms with Crippen LogP contribution in [0, 0.1) is 12.7 Å². The Bertz CT molecular complexity index is 2090. The summed E-state index contributed by atoms with van der Waals surface area (Å²) in [5.41, 5.74) is 14.7. The van der Waals surface area contributed by atoms with Crippen molar-refractivity contribution < 1.29 is 9.13 Å². The summed E-state index contributed by atoms with van der Waals surface area (Å²) in [5, 5.41) is 3.90. The Labute approximate surface area is 243 Å². The molecule has 3 aliphatic heterocycles. The lowest BCUT2D eigenvalue weighted by molar-refractivity contribution is 0.477. The monoisotopic (exact) mass is 542 g/mol. The van der Waals surface area contributed by atoms with Gasteiger partial charge in [-0.05, 0) is 88.0 Å². The summed E-state index contributed by atoms with van der Waals surface area (Å²) in [7, 11) is 0. The summed E-state index contributed by atoms with van der Waals surface area (Å²) in [6.45, 7) is 2.18. The van der Waals surface area contributed by atoms with Gasteiger partial charge in [0.25, 0.3) is 6.71 Å². The Morgan fingerprint density at radius 2 is 1.40 bits per heavy atom. The second-order valence-electron chi connectivity index (χ2n) is 11.2. The van der Waals surface area contributed by atoms with Gasteiger partial charge in [-0.3, -0.25) is 0 Å². The van der Waals surface area contributed by atoms with Gasteiger partial charge in [0, 0.05) is 22.6 Å². The predicted octanol–water partition coefficient (Wildman–Crippen LogP) is 7.93. The number of halogens is 1. The molecule has 0 amide bonds. The van der Waals surface area contributed by atoms with E-state index >= 15 is 0 Å². The van der Waals surface area contributed by atoms with Crippen LogP contribution in [-0.4, -0.2) is 6.71 Å². The van der Waals surface area contributed by atoms with Gasteiger partial charge < -0.3 is 15.0 Å². The van der Waals surface area contributed by atoms with Crippen LogP contribution in [0.15, 0.2) is 121 Å². The van der Waals surface area contributed by atoms with Crippen molar-refractivity contribution in [3.05, 3.63) is 133 Å². The van der Waals surface area contributed by atoms with E-state index in [0.29, 0.717) is 0 Å². The van der Waals surface area contributed by atoms with Gasteiger partial charge in [0.2, 0.25) is 0 Å². The van der Waals surface area contributed by atoms with E-state index in [1.165, 1.54) is 45.2 Å². The molecular formula is C37H24BFN2O. The molecular weight excluding hydrogens is 518 g/mol. The van der Waals surface area contributed by atoms with Crippen molar-refractivity contribution in [1.82, 2.24) is 0 Å². The van der Waals surface area contributed by atoms with Crippen LogP contribution in [0.5, 0.6) is 11.5 Å². The molecule has 0 aromatic heterocycles. The highest BCUT2D eigenvalue weighted by atomic mass is 19.1. The number of hydrogen-bond acceptors (Lipinski definition) is 3. The van der Waals surface area contributed by atoms with Gasteiger partial charge in [-0.25, -0.2) is 4.39 Å². The summed E-state index contributed by atoms with van der Waals surface area (Å²) in [5.74, 6) is 1.43. The molecule has 6 aromatic rings. The highest BCUT2D eigenvalue weighted by Crippen LogP contribution is 2.52. The first-order valence-corrected chi connectivity index (χ1v) is 14.3. The zero-order valence-electron chi connectivity index (χ0n) is 22.9. The molecule has 0 saturated heterocycles. The number of benzene rings is 6. The Morgan fingerprint density at radius 3 is 2.29 bits per heavy atom. The van der Waals surface area contributed by atoms with Crippen LogP contribution in [0.3, 0.4) is 0 Å². The first-order chi connectivity index (χ1) is 20.7. The molecule has 5 heteroatoms. The molecule has 42 heavy (non-hydrogen) atoms. The number of nitrogens with one attached hydrogen (secondary N) is 1. The molecule has 3 heterocycles. The van der Waals surface area contributed by atoms with E-state index in [2.05, 4.69) is 102 Å². The fourth-order valence-corrected chi connectivity index (χ4v) is 7.01. The SMILES string of the molecule is Cc1ccccc1-c1cccc2c1Nc1cc(-c3ccc(F)cc3)cc3c1B2c1cccc2c1N3c1ccccc1O2. The Hall–Kier alpha value is -5.29. The lowest BCUT2D eigenvalue weighted by Gasteiger charge is -2.44. The van der Waals surface area contributed by atoms with Crippen LogP contribution in [0.4, 0.5) is 32.8 Å². The van der Waals surface area contributed by atoms with E-state index in [9.17, 15) is 4.39 Å². The van der Waals surface area contributed by atoms with Crippen LogP contribution in [0.1, 0.15) is 5.56 Å². The van der Waals surface area contributed by atoms with Crippen molar-refractivity contribution in [2.75, 3.05) is 10.2 Å². The van der Waals surface area contributed by atoms with Crippen molar-refractivity contribution in [2.24, 2.45) is 0 Å². The van der Waals surface area contributed by atoms with Gasteiger partial charge >= 0.3 is 0 Å². The fraction of sp³-hybridized carbons (Fsp3) is 0.0270. The minimum absolute atomic E-state index is 0.0116. The van der Waals surface area contributed by atoms with Crippen molar-refractivity contribution >= 4 is 51.5 Å². The van der Waals surface area contributed by atoms with Crippen LogP contribution in [0.25, 0.3) is 22.3 Å². The van der Waals surface area contributed by atoms with Crippen molar-refractivity contribution in [3.63, 3.8) is 0 Å². The third-order valence-electron chi connectivity index (χ3n) is 8.86. The van der Waals surface area contributed by atoms with Crippen molar-refractivity contribution in [1.29, 1.82) is 0 Å². The number of para-hydroxylation sites is 4. The van der Waals surface area contributed by atoms with E-state index in [1.54, 1.807) is 0 Å². The van der Waals surface area contributed by atoms with Gasteiger partial charge in [0.1, 0.15) is 5.82 Å². The molecule has 198 valence electrons. The third-order valence-corrected chi connectivity index (χ3v) is 8.86. The van der Waals surface area contributed by atoms with Crippen molar-refractivity contribution in [2.45, 2.75) is 6.92 Å². The highest BCUT2D eigenvalue weighted by molar-refractivity contribution is 7.00. The molecule has 1 N–H and O–H groups in total. The molecule has 9 rings (SSSR count). The summed E-state index contributed by atoms with van der Waals surface area (Å²) in [6, 6.07) is 41.0. The Morgan fingerprint density at radius 1 is 0.667 bits per heavy atom. The second-order valence-corrected chi connectivity index (χ2v) is 11.2. The van der Waals surface area contributed by atoms with Gasteiger partial charge in [-0.1, -0.05) is 78.9 Å². The Kier molecular flexibility index (Phi) is 4.80. The first kappa shape index (κ1) is 23.4. The van der Waals surface area contributed by atoms with Crippen LogP contribution in [0.2, 0.25) is 0 Å². The van der Waals surface area contributed by atoms with Gasteiger partial charge in [-0.15, -0.1) is 0 Å². The molecule has 0 saturated carbocycles. The topological polar surface area (TPSA) is 24.5 Å². The van der Waals surface area contributed by atoms with Crippen molar-refractivity contribution in [3.8, 4) is 33.8 Å². The number of nitrogens with zero attached hydrogens (tertiary/aromatic N) is 1. The quantitative estimate of drug-likeness (QED) is 0.225. The number of rotatable bonds is 2. The standard InChI is InChI=1S/C37H24BFN2O/c1-22-8-2-3-9-26(22)27-10-6-11-28-36(27)40-30-20-24(23-16-18-25(39)19-17-23)21-32-35(30)38(28)29-12-7-15-34-37(29)41(32)31-13-4-5-14-33(31)42-34/h2-21,40H,1H3. The number of hydrogen-bond donors (Lipinski definition) is 1. The summed E-state index contributed by atoms with van der Waals surface area (Å²) < 4.78 is 20.5. The molecule has 6 aromatic carbocycles. The molecule has 0 spiro atoms. The molecule has 0 radical (unpaired) electrons. The van der Waals surface area contributed by atoms with E-state index in [-0.39, 0.29) is 12.5 Å². The zero-order valence-corrected chi connectivity index (χ0v) is 22.9. The van der Waals surface area contributed by atoms with Crippen LogP contribution < -0.4 is 31.3 Å². The maximum atomic E-state index is 14.0. The number of aryl methyl sites for hydroxylation is 1. The lowest BCUT2D eigenvalue weighted by Crippen LogP contribution is -2.60. The second kappa shape index (κ2) is 8.61. The summed E-state index contributed by atoms with van der Waals surface area (Å²) in [6.07, 6.45) is 0. The largest absolute Gasteiger partial charge is 0.453 e. The average Bonchev–Trinajstić information content (AvgIpc) is 3.02. The lowest BCUT2D eigenvalue weighted by atomic mass is 9.33. The third kappa shape index (κ3) is 3.22. The molecule has 3 aliphatic rings. The van der Waals surface area contributed by atoms with Gasteiger partial charge in [0.15, 0.2) is 11.5 Å². The fourth-order valence-electron chi connectivity index (χ4n) is 7.01. The van der Waals surface area contributed by atoms with E-state index in [4.69, 9.17) is 4.74 Å². The molecule has 0 atom stereocenters. The minimum atomic E-state index is -0.242. The number of anilines is 5. The summed E-state index contributed by atoms with van der Waals surface area (Å²) >= 11 is 0. The summed E-state index contributed by atoms with van der Waals surface area (Å²) in [4.78, 5) is 2.35. The molecule has 0 fully saturated rings. The van der Waals surface area contributed by atoms with Crippen LogP contribution in [-0.2, 0) is 0 Å². The van der Waals surface area contributed by atoms with E-state index < -0.39 is 0 Å². The molecule has 0 aliphatic carbocycles. The maximum absolute atomic E-state index is 14.0. The van der Waals surface area contributed by atoms with E-state index in [0.717, 1.165) is 51.1 Å². The minimum Gasteiger partial charge on any atom is -0.453 e. The Balaban J connectivity index is 1.37. The first-order valence-electron chi connectivity index (χ1n) is 14.3. The molecule has 3 nitrogen and oxygen atoms in total. The molecule has 0 bridgehead atoms. The van der Waals surface area contributed by atoms with E-state index in [1.807, 2.05) is 24.3 Å². The maximum Gasteiger partial charge on any atom is 0.252 e. The zero-order chi connectivity index (χ0) is 27.9. The number of fused-ring (bicyclic) bond motifs is 6. The van der Waals surface area contributed by atoms with Gasteiger partial charge in [-0.2, -0.15) is 0 Å². The smallest absolute Gasteiger partial charge is 0.252 e. The van der Waals surface area contributed by atoms with Crippen LogP contribution >= 0.6 is 0 Å². The highest BCUT2D eigenvalue weighted by Gasteiger charge is 2.44. The average molecular weight is 542 g/mol.